The van der Waals surface area contributed by atoms with Crippen LogP contribution in [0.3, 0.4) is 0 Å². The van der Waals surface area contributed by atoms with Gasteiger partial charge >= 0.3 is 5.97 Å². The molecule has 0 saturated carbocycles. The molecule has 0 aliphatic rings. The second-order valence-electron chi connectivity index (χ2n) is 3.10. The van der Waals surface area contributed by atoms with Crippen molar-refractivity contribution in [1.82, 2.24) is 14.8 Å². The van der Waals surface area contributed by atoms with Gasteiger partial charge in [0.05, 0.1) is 6.20 Å². The van der Waals surface area contributed by atoms with E-state index in [-0.39, 0.29) is 5.82 Å². The molecule has 2 rings (SSSR count). The van der Waals surface area contributed by atoms with Gasteiger partial charge in [-0.05, 0) is 18.2 Å². The molecule has 0 aliphatic heterocycles. The van der Waals surface area contributed by atoms with Crippen LogP contribution in [0, 0.1) is 5.82 Å². The maximum Gasteiger partial charge on any atom is 0.341 e. The van der Waals surface area contributed by atoms with Crippen molar-refractivity contribution in [2.45, 2.75) is 0 Å². The van der Waals surface area contributed by atoms with Crippen LogP contribution in [0.4, 0.5) is 4.39 Å². The van der Waals surface area contributed by atoms with Crippen molar-refractivity contribution in [1.29, 1.82) is 0 Å². The second kappa shape index (κ2) is 4.12. The van der Waals surface area contributed by atoms with Crippen LogP contribution in [0.25, 0.3) is 5.82 Å². The Morgan fingerprint density at radius 1 is 1.35 bits per heavy atom. The van der Waals surface area contributed by atoms with Crippen LogP contribution in [0.5, 0.6) is 0 Å². The van der Waals surface area contributed by atoms with Crippen LogP contribution >= 0.6 is 0 Å². The van der Waals surface area contributed by atoms with Crippen LogP contribution in [0.15, 0.2) is 35.4 Å². The highest BCUT2D eigenvalue weighted by Gasteiger charge is 2.12. The highest BCUT2D eigenvalue weighted by molar-refractivity contribution is 5.86. The number of rotatable bonds is 2. The molecule has 0 amide bonds. The van der Waals surface area contributed by atoms with Gasteiger partial charge in [0.25, 0.3) is 5.56 Å². The SMILES string of the molecule is O=C(O)c1ccnn(-c2ccc(F)cn2)c1=O. The van der Waals surface area contributed by atoms with E-state index in [0.717, 1.165) is 29.2 Å². The summed E-state index contributed by atoms with van der Waals surface area (Å²) in [4.78, 5) is 26.1. The third kappa shape index (κ3) is 2.03. The first-order chi connectivity index (χ1) is 8.09. The standard InChI is InChI=1S/C10H6FN3O3/c11-6-1-2-8(12-5-6)14-9(15)7(10(16)17)3-4-13-14/h1-5H,(H,16,17). The van der Waals surface area contributed by atoms with E-state index >= 15 is 0 Å². The molecule has 0 aliphatic carbocycles. The summed E-state index contributed by atoms with van der Waals surface area (Å²) in [6.45, 7) is 0. The predicted octanol–water partition coefficient (Wildman–Crippen LogP) is 0.465. The van der Waals surface area contributed by atoms with Gasteiger partial charge < -0.3 is 5.11 Å². The maximum absolute atomic E-state index is 12.6. The highest BCUT2D eigenvalue weighted by Crippen LogP contribution is 2.01. The summed E-state index contributed by atoms with van der Waals surface area (Å²) in [6.07, 6.45) is 2.08. The van der Waals surface area contributed by atoms with Crippen LogP contribution in [0.1, 0.15) is 10.4 Å². The molecule has 2 heterocycles. The number of hydrogen-bond donors (Lipinski definition) is 1. The van der Waals surface area contributed by atoms with Gasteiger partial charge in [0.1, 0.15) is 11.4 Å². The minimum atomic E-state index is -1.35. The first-order valence-corrected chi connectivity index (χ1v) is 4.53. The van der Waals surface area contributed by atoms with Gasteiger partial charge in [-0.3, -0.25) is 4.79 Å². The van der Waals surface area contributed by atoms with E-state index in [0.29, 0.717) is 0 Å². The number of carboxylic acid groups (broad SMARTS) is 1. The highest BCUT2D eigenvalue weighted by atomic mass is 19.1. The molecule has 86 valence electrons. The van der Waals surface area contributed by atoms with Crippen LogP contribution < -0.4 is 5.56 Å². The van der Waals surface area contributed by atoms with E-state index in [1.165, 1.54) is 6.07 Å². The van der Waals surface area contributed by atoms with E-state index in [9.17, 15) is 14.0 Å². The lowest BCUT2D eigenvalue weighted by Gasteiger charge is -2.03. The number of nitrogens with zero attached hydrogens (tertiary/aromatic N) is 3. The molecule has 1 N–H and O–H groups in total. The normalized spacial score (nSPS) is 10.2. The second-order valence-corrected chi connectivity index (χ2v) is 3.10. The van der Waals surface area contributed by atoms with Crippen molar-refractivity contribution in [3.05, 3.63) is 52.3 Å². The first-order valence-electron chi connectivity index (χ1n) is 4.53. The van der Waals surface area contributed by atoms with Gasteiger partial charge in [-0.1, -0.05) is 0 Å². The molecule has 0 atom stereocenters. The van der Waals surface area contributed by atoms with Crippen LogP contribution in [-0.4, -0.2) is 25.8 Å². The minimum absolute atomic E-state index is 0.0551. The largest absolute Gasteiger partial charge is 0.477 e. The predicted molar refractivity (Wildman–Crippen MR) is 54.5 cm³/mol. The Morgan fingerprint density at radius 3 is 2.71 bits per heavy atom. The van der Waals surface area contributed by atoms with E-state index < -0.39 is 22.9 Å². The van der Waals surface area contributed by atoms with Gasteiger partial charge in [0, 0.05) is 6.20 Å². The first kappa shape index (κ1) is 10.9. The monoisotopic (exact) mass is 235 g/mol. The number of pyridine rings is 1. The summed E-state index contributed by atoms with van der Waals surface area (Å²) in [6, 6.07) is 3.42. The van der Waals surface area contributed by atoms with Crippen molar-refractivity contribution in [3.63, 3.8) is 0 Å². The Hall–Kier alpha value is -2.57. The van der Waals surface area contributed by atoms with Crippen molar-refractivity contribution in [3.8, 4) is 5.82 Å². The fraction of sp³-hybridized carbons (Fsp3) is 0. The average Bonchev–Trinajstić information content (AvgIpc) is 2.30. The van der Waals surface area contributed by atoms with Gasteiger partial charge in [-0.25, -0.2) is 14.2 Å². The molecular formula is C10H6FN3O3. The van der Waals surface area contributed by atoms with Crippen LogP contribution in [0.2, 0.25) is 0 Å². The molecule has 0 bridgehead atoms. The van der Waals surface area contributed by atoms with E-state index in [2.05, 4.69) is 10.1 Å². The lowest BCUT2D eigenvalue weighted by Crippen LogP contribution is -2.27. The smallest absolute Gasteiger partial charge is 0.341 e. The van der Waals surface area contributed by atoms with Crippen molar-refractivity contribution < 1.29 is 14.3 Å². The number of hydrogen-bond acceptors (Lipinski definition) is 4. The van der Waals surface area contributed by atoms with Crippen molar-refractivity contribution in [2.75, 3.05) is 0 Å². The lowest BCUT2D eigenvalue weighted by molar-refractivity contribution is 0.0694. The quantitative estimate of drug-likeness (QED) is 0.817. The van der Waals surface area contributed by atoms with Gasteiger partial charge in [0.2, 0.25) is 0 Å². The minimum Gasteiger partial charge on any atom is -0.477 e. The van der Waals surface area contributed by atoms with Gasteiger partial charge in [-0.15, -0.1) is 0 Å². The number of aromatic nitrogens is 3. The molecular weight excluding hydrogens is 229 g/mol. The van der Waals surface area contributed by atoms with E-state index in [1.807, 2.05) is 0 Å². The molecule has 0 unspecified atom stereocenters. The fourth-order valence-electron chi connectivity index (χ4n) is 1.23. The Morgan fingerprint density at radius 2 is 2.12 bits per heavy atom. The molecule has 0 fully saturated rings. The summed E-state index contributed by atoms with van der Waals surface area (Å²) in [7, 11) is 0. The van der Waals surface area contributed by atoms with Crippen LogP contribution in [-0.2, 0) is 0 Å². The number of halogens is 1. The lowest BCUT2D eigenvalue weighted by atomic mass is 10.3. The summed E-state index contributed by atoms with van der Waals surface area (Å²) < 4.78 is 13.4. The Kier molecular flexibility index (Phi) is 2.65. The molecule has 6 nitrogen and oxygen atoms in total. The zero-order valence-electron chi connectivity index (χ0n) is 8.37. The van der Waals surface area contributed by atoms with Crippen molar-refractivity contribution >= 4 is 5.97 Å². The summed E-state index contributed by atoms with van der Waals surface area (Å²) >= 11 is 0. The Balaban J connectivity index is 2.61. The molecule has 7 heteroatoms. The zero-order valence-corrected chi connectivity index (χ0v) is 8.37. The molecule has 0 saturated heterocycles. The molecule has 17 heavy (non-hydrogen) atoms. The van der Waals surface area contributed by atoms with Gasteiger partial charge in [-0.2, -0.15) is 9.78 Å². The van der Waals surface area contributed by atoms with Crippen molar-refractivity contribution in [2.24, 2.45) is 0 Å². The fourth-order valence-corrected chi connectivity index (χ4v) is 1.23. The van der Waals surface area contributed by atoms with E-state index in [1.54, 1.807) is 0 Å². The van der Waals surface area contributed by atoms with E-state index in [4.69, 9.17) is 5.11 Å². The van der Waals surface area contributed by atoms with Gasteiger partial charge in [0.15, 0.2) is 5.82 Å². The molecule has 0 aromatic carbocycles. The number of carbonyl (C=O) groups is 1. The maximum atomic E-state index is 12.6. The number of carboxylic acids is 1. The Bertz CT molecular complexity index is 621. The molecule has 0 spiro atoms. The third-order valence-electron chi connectivity index (χ3n) is 2.01. The average molecular weight is 235 g/mol. The third-order valence-corrected chi connectivity index (χ3v) is 2.01. The summed E-state index contributed by atoms with van der Waals surface area (Å²) in [5.74, 6) is -1.86. The molecule has 0 radical (unpaired) electrons. The Labute approximate surface area is 94.0 Å². The molecule has 2 aromatic rings. The molecule has 2 aromatic heterocycles. The topological polar surface area (TPSA) is 85.1 Å². The summed E-state index contributed by atoms with van der Waals surface area (Å²) in [5, 5.41) is 12.4. The summed E-state index contributed by atoms with van der Waals surface area (Å²) in [5.41, 5.74) is -1.25. The zero-order chi connectivity index (χ0) is 12.4. The number of aromatic carboxylic acids is 1.